The number of unbranched alkanes of at least 4 members (excludes halogenated alkanes) is 1. The van der Waals surface area contributed by atoms with Crippen molar-refractivity contribution in [3.8, 4) is 11.5 Å². The van der Waals surface area contributed by atoms with Crippen LogP contribution in [-0.2, 0) is 13.2 Å². The number of aryl methyl sites for hydroxylation is 1. The average Bonchev–Trinajstić information content (AvgIpc) is 3.16. The van der Waals surface area contributed by atoms with Gasteiger partial charge in [-0.25, -0.2) is 4.98 Å². The number of halogens is 1. The van der Waals surface area contributed by atoms with Gasteiger partial charge in [0, 0.05) is 11.6 Å². The van der Waals surface area contributed by atoms with Crippen LogP contribution in [0.3, 0.4) is 0 Å². The molecule has 4 nitrogen and oxygen atoms in total. The van der Waals surface area contributed by atoms with E-state index < -0.39 is 0 Å². The largest absolute Gasteiger partial charge is 0.494 e. The monoisotopic (exact) mass is 448 g/mol. The average molecular weight is 449 g/mol. The normalized spacial score (nSPS) is 11.2. The Hall–Kier alpha value is -2.98. The van der Waals surface area contributed by atoms with E-state index in [1.165, 1.54) is 5.56 Å². The minimum atomic E-state index is 0.412. The quantitative estimate of drug-likeness (QED) is 0.240. The number of para-hydroxylation sites is 2. The molecule has 0 unspecified atom stereocenters. The van der Waals surface area contributed by atoms with E-state index in [1.54, 1.807) is 0 Å². The Kier molecular flexibility index (Phi) is 7.33. The Bertz CT molecular complexity index is 1130. The van der Waals surface area contributed by atoms with Gasteiger partial charge < -0.3 is 14.0 Å². The van der Waals surface area contributed by atoms with E-state index in [-0.39, 0.29) is 0 Å². The third-order valence-corrected chi connectivity index (χ3v) is 5.76. The molecule has 0 saturated carbocycles. The summed E-state index contributed by atoms with van der Waals surface area (Å²) >= 11 is 5.97. The van der Waals surface area contributed by atoms with Gasteiger partial charge >= 0.3 is 0 Å². The molecule has 0 aliphatic heterocycles. The van der Waals surface area contributed by atoms with Crippen LogP contribution in [-0.4, -0.2) is 16.2 Å². The first kappa shape index (κ1) is 22.2. The second kappa shape index (κ2) is 10.6. The SMILES string of the molecule is CC(C)c1ccc(OCCCCn2c(COc3ccc(Cl)cc3)nc3ccccc32)cc1. The van der Waals surface area contributed by atoms with Crippen molar-refractivity contribution in [3.63, 3.8) is 0 Å². The van der Waals surface area contributed by atoms with Gasteiger partial charge in [0.15, 0.2) is 0 Å². The minimum Gasteiger partial charge on any atom is -0.494 e. The lowest BCUT2D eigenvalue weighted by molar-refractivity contribution is 0.285. The van der Waals surface area contributed by atoms with Crippen molar-refractivity contribution < 1.29 is 9.47 Å². The number of imidazole rings is 1. The third kappa shape index (κ3) is 5.63. The van der Waals surface area contributed by atoms with Crippen molar-refractivity contribution in [2.24, 2.45) is 0 Å². The van der Waals surface area contributed by atoms with Gasteiger partial charge in [-0.05, 0) is 72.9 Å². The number of ether oxygens (including phenoxy) is 2. The topological polar surface area (TPSA) is 36.3 Å². The molecule has 0 atom stereocenters. The van der Waals surface area contributed by atoms with Crippen molar-refractivity contribution in [1.82, 2.24) is 9.55 Å². The van der Waals surface area contributed by atoms with Crippen LogP contribution in [0.25, 0.3) is 11.0 Å². The van der Waals surface area contributed by atoms with Crippen LogP contribution in [0.1, 0.15) is 44.0 Å². The smallest absolute Gasteiger partial charge is 0.147 e. The Morgan fingerprint density at radius 3 is 2.28 bits per heavy atom. The summed E-state index contributed by atoms with van der Waals surface area (Å²) in [5.41, 5.74) is 3.45. The molecule has 0 saturated heterocycles. The molecule has 0 bridgehead atoms. The molecule has 4 rings (SSSR count). The highest BCUT2D eigenvalue weighted by atomic mass is 35.5. The van der Waals surface area contributed by atoms with Gasteiger partial charge in [-0.3, -0.25) is 0 Å². The standard InChI is InChI=1S/C27H29ClN2O2/c1-20(2)21-9-13-23(14-10-21)31-18-6-5-17-30-26-8-4-3-7-25(26)29-27(30)19-32-24-15-11-22(28)12-16-24/h3-4,7-16,20H,5-6,17-19H2,1-2H3. The summed E-state index contributed by atoms with van der Waals surface area (Å²) in [6, 6.07) is 24.0. The molecule has 5 heteroatoms. The van der Waals surface area contributed by atoms with Crippen LogP contribution in [0.2, 0.25) is 5.02 Å². The van der Waals surface area contributed by atoms with Crippen LogP contribution in [0, 0.1) is 0 Å². The van der Waals surface area contributed by atoms with Crippen LogP contribution in [0.5, 0.6) is 11.5 Å². The van der Waals surface area contributed by atoms with Crippen molar-refractivity contribution >= 4 is 22.6 Å². The van der Waals surface area contributed by atoms with Crippen LogP contribution in [0.15, 0.2) is 72.8 Å². The van der Waals surface area contributed by atoms with E-state index in [0.717, 1.165) is 47.7 Å². The van der Waals surface area contributed by atoms with E-state index in [9.17, 15) is 0 Å². The molecule has 0 fully saturated rings. The van der Waals surface area contributed by atoms with Crippen molar-refractivity contribution in [2.75, 3.05) is 6.61 Å². The summed E-state index contributed by atoms with van der Waals surface area (Å²) in [6.07, 6.45) is 1.97. The molecule has 0 amide bonds. The molecule has 32 heavy (non-hydrogen) atoms. The summed E-state index contributed by atoms with van der Waals surface area (Å²) in [7, 11) is 0. The maximum absolute atomic E-state index is 5.97. The highest BCUT2D eigenvalue weighted by Gasteiger charge is 2.11. The number of benzene rings is 3. The van der Waals surface area contributed by atoms with Gasteiger partial charge in [0.1, 0.15) is 23.9 Å². The maximum atomic E-state index is 5.97. The highest BCUT2D eigenvalue weighted by Crippen LogP contribution is 2.21. The molecule has 0 aliphatic rings. The number of hydrogen-bond donors (Lipinski definition) is 0. The van der Waals surface area contributed by atoms with Gasteiger partial charge in [-0.1, -0.05) is 49.7 Å². The summed E-state index contributed by atoms with van der Waals surface area (Å²) in [4.78, 5) is 4.79. The molecule has 4 aromatic rings. The zero-order valence-corrected chi connectivity index (χ0v) is 19.4. The third-order valence-electron chi connectivity index (χ3n) is 5.51. The van der Waals surface area contributed by atoms with E-state index in [0.29, 0.717) is 24.2 Å². The first-order valence-corrected chi connectivity index (χ1v) is 11.5. The van der Waals surface area contributed by atoms with Crippen molar-refractivity contribution in [2.45, 2.75) is 45.8 Å². The predicted molar refractivity (Wildman–Crippen MR) is 131 cm³/mol. The molecular formula is C27H29ClN2O2. The van der Waals surface area contributed by atoms with Crippen LogP contribution >= 0.6 is 11.6 Å². The number of aromatic nitrogens is 2. The first-order valence-electron chi connectivity index (χ1n) is 11.2. The van der Waals surface area contributed by atoms with Gasteiger partial charge in [0.2, 0.25) is 0 Å². The van der Waals surface area contributed by atoms with Crippen molar-refractivity contribution in [1.29, 1.82) is 0 Å². The Morgan fingerprint density at radius 2 is 1.53 bits per heavy atom. The Labute approximate surface area is 194 Å². The fourth-order valence-corrected chi connectivity index (χ4v) is 3.80. The van der Waals surface area contributed by atoms with Crippen molar-refractivity contribution in [3.05, 3.63) is 89.2 Å². The zero-order chi connectivity index (χ0) is 22.3. The number of hydrogen-bond acceptors (Lipinski definition) is 3. The summed E-state index contributed by atoms with van der Waals surface area (Å²) in [5.74, 6) is 3.17. The Morgan fingerprint density at radius 1 is 0.844 bits per heavy atom. The van der Waals surface area contributed by atoms with E-state index >= 15 is 0 Å². The fraction of sp³-hybridized carbons (Fsp3) is 0.296. The van der Waals surface area contributed by atoms with Gasteiger partial charge in [0.05, 0.1) is 17.6 Å². The number of rotatable bonds is 10. The van der Waals surface area contributed by atoms with E-state index in [4.69, 9.17) is 26.1 Å². The number of nitrogens with zero attached hydrogens (tertiary/aromatic N) is 2. The first-order chi connectivity index (χ1) is 15.6. The minimum absolute atomic E-state index is 0.412. The molecule has 3 aromatic carbocycles. The van der Waals surface area contributed by atoms with Crippen LogP contribution < -0.4 is 9.47 Å². The lowest BCUT2D eigenvalue weighted by Gasteiger charge is -2.12. The van der Waals surface area contributed by atoms with E-state index in [1.807, 2.05) is 42.5 Å². The van der Waals surface area contributed by atoms with E-state index in [2.05, 4.69) is 48.7 Å². The van der Waals surface area contributed by atoms with Gasteiger partial charge in [-0.2, -0.15) is 0 Å². The summed E-state index contributed by atoms with van der Waals surface area (Å²) < 4.78 is 14.1. The fourth-order valence-electron chi connectivity index (χ4n) is 3.67. The lowest BCUT2D eigenvalue weighted by atomic mass is 10.0. The molecule has 166 valence electrons. The zero-order valence-electron chi connectivity index (χ0n) is 18.6. The summed E-state index contributed by atoms with van der Waals surface area (Å²) in [6.45, 7) is 6.38. The molecule has 0 radical (unpaired) electrons. The number of fused-ring (bicyclic) bond motifs is 1. The second-order valence-corrected chi connectivity index (χ2v) is 8.63. The molecule has 1 aromatic heterocycles. The second-order valence-electron chi connectivity index (χ2n) is 8.19. The molecular weight excluding hydrogens is 420 g/mol. The molecule has 0 aliphatic carbocycles. The molecule has 0 spiro atoms. The summed E-state index contributed by atoms with van der Waals surface area (Å²) in [5, 5.41) is 0.697. The lowest BCUT2D eigenvalue weighted by Crippen LogP contribution is -2.09. The Balaban J connectivity index is 1.34. The molecule has 1 heterocycles. The van der Waals surface area contributed by atoms with Gasteiger partial charge in [-0.15, -0.1) is 0 Å². The molecule has 0 N–H and O–H groups in total. The highest BCUT2D eigenvalue weighted by molar-refractivity contribution is 6.30. The predicted octanol–water partition coefficient (Wildman–Crippen LogP) is 7.25. The maximum Gasteiger partial charge on any atom is 0.147 e. The van der Waals surface area contributed by atoms with Gasteiger partial charge in [0.25, 0.3) is 0 Å². The van der Waals surface area contributed by atoms with Crippen LogP contribution in [0.4, 0.5) is 0 Å².